The second-order valence-corrected chi connectivity index (χ2v) is 7.45. The number of nitrogens with one attached hydrogen (secondary N) is 2. The zero-order chi connectivity index (χ0) is 18.7. The quantitative estimate of drug-likeness (QED) is 0.747. The molecule has 2 fully saturated rings. The topological polar surface area (TPSA) is 64.7 Å². The molecule has 1 aromatic carbocycles. The Labute approximate surface area is 153 Å². The van der Waals surface area contributed by atoms with Crippen LogP contribution in [0, 0.1) is 11.7 Å². The van der Waals surface area contributed by atoms with E-state index in [9.17, 15) is 14.0 Å². The second kappa shape index (κ2) is 7.72. The van der Waals surface area contributed by atoms with Crippen LogP contribution in [0.4, 0.5) is 9.18 Å². The summed E-state index contributed by atoms with van der Waals surface area (Å²) in [5.41, 5.74) is -0.595. The van der Waals surface area contributed by atoms with Crippen molar-refractivity contribution in [3.63, 3.8) is 0 Å². The smallest absolute Gasteiger partial charge is 0.322 e. The summed E-state index contributed by atoms with van der Waals surface area (Å²) in [6.07, 6.45) is 1.75. The van der Waals surface area contributed by atoms with Crippen molar-refractivity contribution in [1.29, 1.82) is 0 Å². The zero-order valence-corrected chi connectivity index (χ0v) is 15.4. The fourth-order valence-electron chi connectivity index (χ4n) is 3.95. The molecule has 2 saturated heterocycles. The van der Waals surface area contributed by atoms with Gasteiger partial charge in [0.2, 0.25) is 0 Å². The summed E-state index contributed by atoms with van der Waals surface area (Å²) in [7, 11) is 3.80. The normalized spacial score (nSPS) is 24.4. The first-order chi connectivity index (χ1) is 12.4. The van der Waals surface area contributed by atoms with Gasteiger partial charge in [-0.3, -0.25) is 9.69 Å². The molecule has 7 heteroatoms. The van der Waals surface area contributed by atoms with E-state index in [1.54, 1.807) is 18.2 Å². The Morgan fingerprint density at radius 1 is 1.23 bits per heavy atom. The molecule has 6 nitrogen and oxygen atoms in total. The van der Waals surface area contributed by atoms with Gasteiger partial charge in [-0.05, 0) is 57.6 Å². The molecule has 0 aliphatic carbocycles. The molecule has 3 rings (SSSR count). The number of carbonyl (C=O) groups is 2. The van der Waals surface area contributed by atoms with Gasteiger partial charge < -0.3 is 15.5 Å². The van der Waals surface area contributed by atoms with Crippen LogP contribution in [-0.4, -0.2) is 67.6 Å². The van der Waals surface area contributed by atoms with Gasteiger partial charge in [-0.25, -0.2) is 9.18 Å². The van der Waals surface area contributed by atoms with E-state index in [0.29, 0.717) is 18.7 Å². The average molecular weight is 362 g/mol. The number of halogens is 1. The van der Waals surface area contributed by atoms with Crippen molar-refractivity contribution in [2.45, 2.75) is 24.8 Å². The van der Waals surface area contributed by atoms with Gasteiger partial charge in [-0.15, -0.1) is 0 Å². The number of likely N-dealkylation sites (N-methyl/N-ethyl adjacent to an activating group) is 1. The number of nitrogens with zero attached hydrogens (tertiary/aromatic N) is 2. The largest absolute Gasteiger partial charge is 0.325 e. The molecule has 3 amide bonds. The summed E-state index contributed by atoms with van der Waals surface area (Å²) in [5.74, 6) is -0.571. The van der Waals surface area contributed by atoms with E-state index in [1.807, 2.05) is 19.0 Å². The molecular weight excluding hydrogens is 335 g/mol. The molecule has 0 aromatic heterocycles. The molecular formula is C19H27FN4O2. The number of hydrogen-bond acceptors (Lipinski definition) is 4. The first-order valence-corrected chi connectivity index (χ1v) is 9.17. The Hall–Kier alpha value is -1.99. The van der Waals surface area contributed by atoms with Gasteiger partial charge in [0.1, 0.15) is 11.4 Å². The van der Waals surface area contributed by atoms with Gasteiger partial charge in [0.15, 0.2) is 0 Å². The van der Waals surface area contributed by atoms with Crippen molar-refractivity contribution < 1.29 is 14.0 Å². The molecule has 0 spiro atoms. The van der Waals surface area contributed by atoms with Gasteiger partial charge in [0, 0.05) is 19.5 Å². The van der Waals surface area contributed by atoms with Crippen LogP contribution in [0.15, 0.2) is 24.3 Å². The van der Waals surface area contributed by atoms with Crippen molar-refractivity contribution in [3.05, 3.63) is 35.6 Å². The number of carbonyl (C=O) groups excluding carboxylic acids is 2. The van der Waals surface area contributed by atoms with E-state index in [4.69, 9.17) is 0 Å². The van der Waals surface area contributed by atoms with E-state index in [0.717, 1.165) is 25.9 Å². The van der Waals surface area contributed by atoms with Crippen LogP contribution < -0.4 is 10.6 Å². The van der Waals surface area contributed by atoms with Crippen LogP contribution in [0.2, 0.25) is 0 Å². The maximum Gasteiger partial charge on any atom is 0.325 e. The number of benzene rings is 1. The van der Waals surface area contributed by atoms with Gasteiger partial charge in [-0.1, -0.05) is 18.2 Å². The maximum atomic E-state index is 14.3. The number of amides is 3. The van der Waals surface area contributed by atoms with E-state index in [1.165, 1.54) is 11.0 Å². The minimum Gasteiger partial charge on any atom is -0.322 e. The number of piperidine rings is 1. The number of urea groups is 1. The van der Waals surface area contributed by atoms with Gasteiger partial charge in [-0.2, -0.15) is 0 Å². The van der Waals surface area contributed by atoms with E-state index in [2.05, 4.69) is 10.6 Å². The Balaban J connectivity index is 1.92. The number of imide groups is 1. The lowest BCUT2D eigenvalue weighted by Crippen LogP contribution is -2.57. The minimum atomic E-state index is -1.06. The highest BCUT2D eigenvalue weighted by atomic mass is 19.1. The summed E-state index contributed by atoms with van der Waals surface area (Å²) in [5, 5.41) is 6.25. The fraction of sp³-hybridized carbons (Fsp3) is 0.579. The Morgan fingerprint density at radius 3 is 2.58 bits per heavy atom. The minimum absolute atomic E-state index is 0.0100. The van der Waals surface area contributed by atoms with Crippen LogP contribution in [-0.2, 0) is 11.2 Å². The van der Waals surface area contributed by atoms with Crippen molar-refractivity contribution in [2.75, 3.05) is 40.3 Å². The van der Waals surface area contributed by atoms with E-state index in [-0.39, 0.29) is 30.1 Å². The van der Waals surface area contributed by atoms with Crippen molar-refractivity contribution >= 4 is 11.9 Å². The molecule has 0 radical (unpaired) electrons. The third-order valence-electron chi connectivity index (χ3n) is 5.44. The van der Waals surface area contributed by atoms with Crippen molar-refractivity contribution in [3.8, 4) is 0 Å². The lowest BCUT2D eigenvalue weighted by atomic mass is 9.74. The average Bonchev–Trinajstić information content (AvgIpc) is 2.87. The highest BCUT2D eigenvalue weighted by Crippen LogP contribution is 2.35. The predicted octanol–water partition coefficient (Wildman–Crippen LogP) is 1.22. The van der Waals surface area contributed by atoms with E-state index < -0.39 is 5.54 Å². The van der Waals surface area contributed by atoms with Gasteiger partial charge in [0.05, 0.1) is 0 Å². The summed E-state index contributed by atoms with van der Waals surface area (Å²) in [6.45, 7) is 2.53. The van der Waals surface area contributed by atoms with Crippen LogP contribution >= 0.6 is 0 Å². The molecule has 2 heterocycles. The number of rotatable bonds is 6. The van der Waals surface area contributed by atoms with E-state index >= 15 is 0 Å². The van der Waals surface area contributed by atoms with Gasteiger partial charge in [0.25, 0.3) is 5.91 Å². The lowest BCUT2D eigenvalue weighted by molar-refractivity contribution is -0.133. The molecule has 0 bridgehead atoms. The molecule has 26 heavy (non-hydrogen) atoms. The standard InChI is InChI=1S/C19H27FN4O2/c1-23(2)11-12-24-17(25)19(22-18(24)26,15-7-9-21-10-8-15)13-14-5-3-4-6-16(14)20/h3-6,15,21H,7-13H2,1-2H3,(H,22,26). The summed E-state index contributed by atoms with van der Waals surface area (Å²) >= 11 is 0. The fourth-order valence-corrected chi connectivity index (χ4v) is 3.95. The molecule has 1 aromatic rings. The highest BCUT2D eigenvalue weighted by molar-refractivity contribution is 6.07. The first-order valence-electron chi connectivity index (χ1n) is 9.17. The van der Waals surface area contributed by atoms with Gasteiger partial charge >= 0.3 is 6.03 Å². The first kappa shape index (κ1) is 18.8. The lowest BCUT2D eigenvalue weighted by Gasteiger charge is -2.38. The Bertz CT molecular complexity index is 675. The van der Waals surface area contributed by atoms with Crippen LogP contribution in [0.3, 0.4) is 0 Å². The molecule has 142 valence electrons. The second-order valence-electron chi connectivity index (χ2n) is 7.45. The highest BCUT2D eigenvalue weighted by Gasteiger charge is 2.55. The molecule has 2 N–H and O–H groups in total. The predicted molar refractivity (Wildman–Crippen MR) is 97.2 cm³/mol. The van der Waals surface area contributed by atoms with Crippen LogP contribution in [0.25, 0.3) is 0 Å². The molecule has 0 saturated carbocycles. The molecule has 1 atom stereocenters. The SMILES string of the molecule is CN(C)CCN1C(=O)NC(Cc2ccccc2F)(C2CCNCC2)C1=O. The zero-order valence-electron chi connectivity index (χ0n) is 15.4. The third-order valence-corrected chi connectivity index (χ3v) is 5.44. The molecule has 2 aliphatic rings. The molecule has 2 aliphatic heterocycles. The monoisotopic (exact) mass is 362 g/mol. The van der Waals surface area contributed by atoms with Crippen molar-refractivity contribution in [2.24, 2.45) is 5.92 Å². The summed E-state index contributed by atoms with van der Waals surface area (Å²) in [6, 6.07) is 6.12. The summed E-state index contributed by atoms with van der Waals surface area (Å²) in [4.78, 5) is 29.2. The van der Waals surface area contributed by atoms with Crippen LogP contribution in [0.1, 0.15) is 18.4 Å². The summed E-state index contributed by atoms with van der Waals surface area (Å²) < 4.78 is 14.3. The third kappa shape index (κ3) is 3.59. The van der Waals surface area contributed by atoms with Crippen LogP contribution in [0.5, 0.6) is 0 Å². The Morgan fingerprint density at radius 2 is 1.92 bits per heavy atom. The Kier molecular flexibility index (Phi) is 5.58. The maximum absolute atomic E-state index is 14.3. The number of hydrogen-bond donors (Lipinski definition) is 2. The van der Waals surface area contributed by atoms with Crippen molar-refractivity contribution in [1.82, 2.24) is 20.4 Å². The molecule has 1 unspecified atom stereocenters.